The van der Waals surface area contributed by atoms with Crippen LogP contribution in [-0.2, 0) is 4.79 Å². The maximum atomic E-state index is 11.7. The Morgan fingerprint density at radius 2 is 1.80 bits per heavy atom. The highest BCUT2D eigenvalue weighted by molar-refractivity contribution is 5.88. The second-order valence-electron chi connectivity index (χ2n) is 5.99. The maximum Gasteiger partial charge on any atom is 0.277 e. The van der Waals surface area contributed by atoms with Gasteiger partial charge in [-0.05, 0) is 31.9 Å². The van der Waals surface area contributed by atoms with E-state index in [0.29, 0.717) is 0 Å². The largest absolute Gasteiger partial charge is 0.483 e. The van der Waals surface area contributed by atoms with Crippen LogP contribution in [-0.4, -0.2) is 18.2 Å². The predicted octanol–water partition coefficient (Wildman–Crippen LogP) is 3.22. The summed E-state index contributed by atoms with van der Waals surface area (Å²) in [4.78, 5) is 11.7. The Labute approximate surface area is 121 Å². The Balaban J connectivity index is 2.57. The first-order valence-corrected chi connectivity index (χ1v) is 6.74. The molecule has 4 heteroatoms. The van der Waals surface area contributed by atoms with Crippen LogP contribution in [0.4, 0.5) is 0 Å². The fraction of sp³-hybridized carbons (Fsp3) is 0.500. The van der Waals surface area contributed by atoms with E-state index in [1.807, 2.05) is 59.7 Å². The van der Waals surface area contributed by atoms with Crippen molar-refractivity contribution in [2.45, 2.75) is 41.5 Å². The molecule has 0 radical (unpaired) electrons. The van der Waals surface area contributed by atoms with Crippen molar-refractivity contribution in [3.05, 3.63) is 29.3 Å². The molecule has 0 bridgehead atoms. The Morgan fingerprint density at radius 1 is 1.25 bits per heavy atom. The van der Waals surface area contributed by atoms with Gasteiger partial charge in [-0.3, -0.25) is 4.79 Å². The van der Waals surface area contributed by atoms with Crippen LogP contribution in [0.5, 0.6) is 5.75 Å². The minimum absolute atomic E-state index is 0.0351. The van der Waals surface area contributed by atoms with E-state index in [0.717, 1.165) is 22.6 Å². The molecule has 0 aromatic heterocycles. The Hall–Kier alpha value is -1.84. The lowest BCUT2D eigenvalue weighted by Gasteiger charge is -2.17. The van der Waals surface area contributed by atoms with Gasteiger partial charge in [0.05, 0.1) is 0 Å². The van der Waals surface area contributed by atoms with E-state index < -0.39 is 0 Å². The summed E-state index contributed by atoms with van der Waals surface area (Å²) in [5, 5.41) is 4.09. The van der Waals surface area contributed by atoms with E-state index >= 15 is 0 Å². The van der Waals surface area contributed by atoms with E-state index in [2.05, 4.69) is 10.5 Å². The van der Waals surface area contributed by atoms with Gasteiger partial charge in [0.25, 0.3) is 5.91 Å². The third-order valence-corrected chi connectivity index (χ3v) is 3.19. The van der Waals surface area contributed by atoms with E-state index in [1.165, 1.54) is 0 Å². The third kappa shape index (κ3) is 4.68. The molecule has 0 fully saturated rings. The number of amides is 1. The molecule has 1 amide bonds. The summed E-state index contributed by atoms with van der Waals surface area (Å²) in [7, 11) is 0. The molecule has 0 unspecified atom stereocenters. The molecule has 110 valence electrons. The molecular weight excluding hydrogens is 252 g/mol. The number of para-hydroxylation sites is 1. The average molecular weight is 276 g/mol. The van der Waals surface area contributed by atoms with Gasteiger partial charge in [-0.15, -0.1) is 0 Å². The number of hydrogen-bond donors (Lipinski definition) is 1. The van der Waals surface area contributed by atoms with Gasteiger partial charge in [-0.2, -0.15) is 5.10 Å². The number of carbonyl (C=O) groups excluding carboxylic acids is 1. The molecule has 0 aliphatic heterocycles. The summed E-state index contributed by atoms with van der Waals surface area (Å²) < 4.78 is 5.57. The van der Waals surface area contributed by atoms with Crippen LogP contribution in [0.1, 0.15) is 38.8 Å². The second-order valence-corrected chi connectivity index (χ2v) is 5.99. The molecule has 0 spiro atoms. The highest BCUT2D eigenvalue weighted by atomic mass is 16.5. The van der Waals surface area contributed by atoms with E-state index in [9.17, 15) is 4.79 Å². The quantitative estimate of drug-likeness (QED) is 0.678. The number of nitrogens with zero attached hydrogens (tertiary/aromatic N) is 1. The lowest BCUT2D eigenvalue weighted by molar-refractivity contribution is -0.123. The lowest BCUT2D eigenvalue weighted by Crippen LogP contribution is -2.28. The molecule has 0 saturated heterocycles. The van der Waals surface area contributed by atoms with Crippen LogP contribution < -0.4 is 10.2 Å². The SMILES string of the molecule is C/C(=N\NC(=O)COc1c(C)cccc1C)C(C)(C)C. The molecule has 1 aromatic rings. The Kier molecular flexibility index (Phi) is 5.31. The third-order valence-electron chi connectivity index (χ3n) is 3.19. The van der Waals surface area contributed by atoms with Gasteiger partial charge in [0.1, 0.15) is 5.75 Å². The normalized spacial score (nSPS) is 12.2. The van der Waals surface area contributed by atoms with Gasteiger partial charge >= 0.3 is 0 Å². The fourth-order valence-corrected chi connectivity index (χ4v) is 1.51. The minimum Gasteiger partial charge on any atom is -0.483 e. The summed E-state index contributed by atoms with van der Waals surface area (Å²) in [5.41, 5.74) is 5.38. The molecular formula is C16H24N2O2. The van der Waals surface area contributed by atoms with Crippen LogP contribution in [0, 0.1) is 19.3 Å². The van der Waals surface area contributed by atoms with Crippen LogP contribution in [0.25, 0.3) is 0 Å². The van der Waals surface area contributed by atoms with Gasteiger partial charge < -0.3 is 4.74 Å². The number of hydrazone groups is 1. The standard InChI is InChI=1S/C16H24N2O2/c1-11-8-7-9-12(2)15(11)20-10-14(19)18-17-13(3)16(4,5)6/h7-9H,10H2,1-6H3,(H,18,19)/b17-13+. The molecule has 0 aliphatic carbocycles. The molecule has 1 aromatic carbocycles. The van der Waals surface area contributed by atoms with Crippen molar-refractivity contribution in [1.29, 1.82) is 0 Å². The van der Waals surface area contributed by atoms with E-state index in [4.69, 9.17) is 4.74 Å². The minimum atomic E-state index is -0.253. The zero-order chi connectivity index (χ0) is 15.3. The Morgan fingerprint density at radius 3 is 2.30 bits per heavy atom. The van der Waals surface area contributed by atoms with Crippen LogP contribution in [0.3, 0.4) is 0 Å². The van der Waals surface area contributed by atoms with Gasteiger partial charge in [-0.25, -0.2) is 5.43 Å². The van der Waals surface area contributed by atoms with Gasteiger partial charge in [0.2, 0.25) is 0 Å². The molecule has 1 N–H and O–H groups in total. The van der Waals surface area contributed by atoms with Crippen molar-refractivity contribution < 1.29 is 9.53 Å². The number of rotatable bonds is 4. The monoisotopic (exact) mass is 276 g/mol. The maximum absolute atomic E-state index is 11.7. The summed E-state index contributed by atoms with van der Waals surface area (Å²) >= 11 is 0. The van der Waals surface area contributed by atoms with Gasteiger partial charge in [0, 0.05) is 11.1 Å². The molecule has 20 heavy (non-hydrogen) atoms. The van der Waals surface area contributed by atoms with Crippen molar-refractivity contribution in [2.75, 3.05) is 6.61 Å². The van der Waals surface area contributed by atoms with Crippen molar-refractivity contribution in [2.24, 2.45) is 10.5 Å². The molecule has 1 rings (SSSR count). The Bertz CT molecular complexity index is 493. The zero-order valence-electron chi connectivity index (χ0n) is 13.2. The van der Waals surface area contributed by atoms with Crippen molar-refractivity contribution >= 4 is 11.6 Å². The molecule has 0 atom stereocenters. The summed E-state index contributed by atoms with van der Waals surface area (Å²) in [6.07, 6.45) is 0. The number of carbonyl (C=O) groups is 1. The number of ether oxygens (including phenoxy) is 1. The molecule has 0 heterocycles. The highest BCUT2D eigenvalue weighted by Crippen LogP contribution is 2.22. The molecule has 0 saturated carbocycles. The summed E-state index contributed by atoms with van der Waals surface area (Å²) in [5.74, 6) is 0.510. The smallest absolute Gasteiger partial charge is 0.277 e. The zero-order valence-corrected chi connectivity index (χ0v) is 13.2. The van der Waals surface area contributed by atoms with Crippen molar-refractivity contribution in [1.82, 2.24) is 5.43 Å². The fourth-order valence-electron chi connectivity index (χ4n) is 1.51. The van der Waals surface area contributed by atoms with Crippen molar-refractivity contribution in [3.8, 4) is 5.75 Å². The van der Waals surface area contributed by atoms with Crippen molar-refractivity contribution in [3.63, 3.8) is 0 Å². The van der Waals surface area contributed by atoms with E-state index in [1.54, 1.807) is 0 Å². The number of benzene rings is 1. The van der Waals surface area contributed by atoms with Gasteiger partial charge in [0.15, 0.2) is 6.61 Å². The molecule has 4 nitrogen and oxygen atoms in total. The van der Waals surface area contributed by atoms with Crippen LogP contribution in [0.2, 0.25) is 0 Å². The van der Waals surface area contributed by atoms with Crippen LogP contribution in [0.15, 0.2) is 23.3 Å². The summed E-state index contributed by atoms with van der Waals surface area (Å²) in [6, 6.07) is 5.89. The number of nitrogens with one attached hydrogen (secondary N) is 1. The first-order chi connectivity index (χ1) is 9.21. The van der Waals surface area contributed by atoms with Gasteiger partial charge in [-0.1, -0.05) is 39.0 Å². The summed E-state index contributed by atoms with van der Waals surface area (Å²) in [6.45, 7) is 11.9. The second kappa shape index (κ2) is 6.55. The van der Waals surface area contributed by atoms with E-state index in [-0.39, 0.29) is 17.9 Å². The number of hydrogen-bond acceptors (Lipinski definition) is 3. The predicted molar refractivity (Wildman–Crippen MR) is 82.1 cm³/mol. The average Bonchev–Trinajstić information content (AvgIpc) is 2.34. The first-order valence-electron chi connectivity index (χ1n) is 6.74. The topological polar surface area (TPSA) is 50.7 Å². The molecule has 0 aliphatic rings. The first kappa shape index (κ1) is 16.2. The highest BCUT2D eigenvalue weighted by Gasteiger charge is 2.14. The number of aryl methyl sites for hydroxylation is 2. The lowest BCUT2D eigenvalue weighted by atomic mass is 9.91. The van der Waals surface area contributed by atoms with Crippen LogP contribution >= 0.6 is 0 Å².